The normalized spacial score (nSPS) is 10.2. The van der Waals surface area contributed by atoms with Crippen LogP contribution < -0.4 is 15.4 Å². The number of halogens is 1. The number of benzene rings is 2. The molecule has 0 aliphatic rings. The summed E-state index contributed by atoms with van der Waals surface area (Å²) in [5.41, 5.74) is 0.410. The van der Waals surface area contributed by atoms with Gasteiger partial charge < -0.3 is 15.4 Å². The average Bonchev–Trinajstić information content (AvgIpc) is 2.65. The number of hydrogen-bond donors (Lipinski definition) is 2. The largest absolute Gasteiger partial charge is 0.494 e. The minimum atomic E-state index is -0.276. The van der Waals surface area contributed by atoms with Crippen molar-refractivity contribution in [3.05, 3.63) is 65.2 Å². The first-order valence-corrected chi connectivity index (χ1v) is 9.02. The summed E-state index contributed by atoms with van der Waals surface area (Å²) < 4.78 is 5.58. The Morgan fingerprint density at radius 3 is 2.38 bits per heavy atom. The fraction of sp³-hybridized carbons (Fsp3) is 0.300. The molecule has 0 radical (unpaired) electrons. The zero-order chi connectivity index (χ0) is 18.6. The molecular weight excluding hydrogens is 352 g/mol. The third-order valence-corrected chi connectivity index (χ3v) is 3.99. The molecule has 0 spiro atoms. The van der Waals surface area contributed by atoms with E-state index in [2.05, 4.69) is 10.6 Å². The lowest BCUT2D eigenvalue weighted by atomic mass is 10.2. The van der Waals surface area contributed by atoms with Gasteiger partial charge in [0, 0.05) is 19.5 Å². The highest BCUT2D eigenvalue weighted by Crippen LogP contribution is 2.14. The van der Waals surface area contributed by atoms with Gasteiger partial charge in [0.1, 0.15) is 5.75 Å². The van der Waals surface area contributed by atoms with E-state index in [9.17, 15) is 9.59 Å². The third-order valence-electron chi connectivity index (χ3n) is 3.66. The summed E-state index contributed by atoms with van der Waals surface area (Å²) in [5.74, 6) is 0.487. The molecule has 6 heteroatoms. The first kappa shape index (κ1) is 19.8. The zero-order valence-corrected chi connectivity index (χ0v) is 15.3. The number of unbranched alkanes of at least 4 members (excludes halogenated alkanes) is 1. The van der Waals surface area contributed by atoms with Gasteiger partial charge in [0.05, 0.1) is 17.2 Å². The fourth-order valence-electron chi connectivity index (χ4n) is 2.28. The highest BCUT2D eigenvalue weighted by Gasteiger charge is 2.09. The second kappa shape index (κ2) is 11.2. The van der Waals surface area contributed by atoms with Crippen LogP contribution in [0.1, 0.15) is 29.6 Å². The molecule has 2 aromatic rings. The maximum absolute atomic E-state index is 12.0. The Bertz CT molecular complexity index is 707. The van der Waals surface area contributed by atoms with E-state index in [1.165, 1.54) is 0 Å². The first-order chi connectivity index (χ1) is 12.7. The summed E-state index contributed by atoms with van der Waals surface area (Å²) in [6.07, 6.45) is 1.93. The number of ether oxygens (including phenoxy) is 1. The van der Waals surface area contributed by atoms with E-state index in [1.807, 2.05) is 30.3 Å². The van der Waals surface area contributed by atoms with Crippen molar-refractivity contribution in [3.63, 3.8) is 0 Å². The minimum Gasteiger partial charge on any atom is -0.494 e. The number of hydrogen-bond acceptors (Lipinski definition) is 3. The number of rotatable bonds is 10. The first-order valence-electron chi connectivity index (χ1n) is 8.64. The van der Waals surface area contributed by atoms with E-state index in [-0.39, 0.29) is 24.8 Å². The summed E-state index contributed by atoms with van der Waals surface area (Å²) in [6, 6.07) is 16.4. The van der Waals surface area contributed by atoms with Gasteiger partial charge in [0.2, 0.25) is 5.91 Å². The Kier molecular flexibility index (Phi) is 8.49. The SMILES string of the molecule is O=C(CCNC(=O)c1ccccc1Cl)NCCCCOc1ccccc1. The van der Waals surface area contributed by atoms with Gasteiger partial charge in [-0.05, 0) is 37.1 Å². The maximum atomic E-state index is 12.0. The third kappa shape index (κ3) is 7.15. The second-order valence-electron chi connectivity index (χ2n) is 5.70. The van der Waals surface area contributed by atoms with Crippen LogP contribution in [0.3, 0.4) is 0 Å². The summed E-state index contributed by atoms with van der Waals surface area (Å²) in [6.45, 7) is 1.48. The van der Waals surface area contributed by atoms with Crippen LogP contribution in [0.15, 0.2) is 54.6 Å². The van der Waals surface area contributed by atoms with Crippen LogP contribution in [0.5, 0.6) is 5.75 Å². The molecule has 138 valence electrons. The Morgan fingerprint density at radius 2 is 1.62 bits per heavy atom. The maximum Gasteiger partial charge on any atom is 0.252 e. The van der Waals surface area contributed by atoms with Crippen molar-refractivity contribution < 1.29 is 14.3 Å². The van der Waals surface area contributed by atoms with E-state index in [4.69, 9.17) is 16.3 Å². The predicted octanol–water partition coefficient (Wildman–Crippen LogP) is 3.44. The molecule has 0 fully saturated rings. The molecule has 0 atom stereocenters. The molecule has 26 heavy (non-hydrogen) atoms. The Labute approximate surface area is 158 Å². The fourth-order valence-corrected chi connectivity index (χ4v) is 2.50. The molecule has 0 aliphatic carbocycles. The summed E-state index contributed by atoms with van der Waals surface area (Å²) in [7, 11) is 0. The summed E-state index contributed by atoms with van der Waals surface area (Å²) in [4.78, 5) is 23.7. The van der Waals surface area contributed by atoms with E-state index >= 15 is 0 Å². The molecule has 0 saturated heterocycles. The van der Waals surface area contributed by atoms with Crippen LogP contribution in [0.4, 0.5) is 0 Å². The molecule has 0 unspecified atom stereocenters. The van der Waals surface area contributed by atoms with Gasteiger partial charge in [-0.2, -0.15) is 0 Å². The van der Waals surface area contributed by atoms with Gasteiger partial charge in [-0.15, -0.1) is 0 Å². The van der Waals surface area contributed by atoms with Crippen LogP contribution in [0, 0.1) is 0 Å². The van der Waals surface area contributed by atoms with Crippen molar-refractivity contribution >= 4 is 23.4 Å². The highest BCUT2D eigenvalue weighted by atomic mass is 35.5. The number of amides is 2. The van der Waals surface area contributed by atoms with E-state index in [0.29, 0.717) is 23.7 Å². The standard InChI is InChI=1S/C20H23ClN2O3/c21-18-11-5-4-10-17(18)20(25)23-14-12-19(24)22-13-6-7-15-26-16-8-2-1-3-9-16/h1-5,8-11H,6-7,12-15H2,(H,22,24)(H,23,25). The number of carbonyl (C=O) groups is 2. The van der Waals surface area contributed by atoms with Crippen molar-refractivity contribution in [1.82, 2.24) is 10.6 Å². The molecule has 0 aliphatic heterocycles. The number of nitrogens with one attached hydrogen (secondary N) is 2. The molecule has 2 aromatic carbocycles. The summed E-state index contributed by atoms with van der Waals surface area (Å²) >= 11 is 5.96. The molecule has 0 saturated carbocycles. The van der Waals surface area contributed by atoms with Crippen LogP contribution >= 0.6 is 11.6 Å². The Balaban J connectivity index is 1.51. The van der Waals surface area contributed by atoms with Gasteiger partial charge in [0.25, 0.3) is 5.91 Å². The van der Waals surface area contributed by atoms with E-state index < -0.39 is 0 Å². The zero-order valence-electron chi connectivity index (χ0n) is 14.5. The smallest absolute Gasteiger partial charge is 0.252 e. The van der Waals surface area contributed by atoms with Gasteiger partial charge >= 0.3 is 0 Å². The van der Waals surface area contributed by atoms with Gasteiger partial charge in [-0.25, -0.2) is 0 Å². The van der Waals surface area contributed by atoms with Gasteiger partial charge in [-0.1, -0.05) is 41.9 Å². The average molecular weight is 375 g/mol. The quantitative estimate of drug-likeness (QED) is 0.626. The minimum absolute atomic E-state index is 0.0894. The van der Waals surface area contributed by atoms with Crippen LogP contribution in [0.2, 0.25) is 5.02 Å². The van der Waals surface area contributed by atoms with Crippen molar-refractivity contribution in [3.8, 4) is 5.75 Å². The van der Waals surface area contributed by atoms with Crippen LogP contribution in [-0.4, -0.2) is 31.5 Å². The number of para-hydroxylation sites is 1. The molecule has 2 N–H and O–H groups in total. The Hall–Kier alpha value is -2.53. The Morgan fingerprint density at radius 1 is 0.885 bits per heavy atom. The van der Waals surface area contributed by atoms with Gasteiger partial charge in [-0.3, -0.25) is 9.59 Å². The molecule has 5 nitrogen and oxygen atoms in total. The van der Waals surface area contributed by atoms with Crippen LogP contribution in [0.25, 0.3) is 0 Å². The number of carbonyl (C=O) groups excluding carboxylic acids is 2. The highest BCUT2D eigenvalue weighted by molar-refractivity contribution is 6.33. The summed E-state index contributed by atoms with van der Waals surface area (Å²) in [5, 5.41) is 5.93. The lowest BCUT2D eigenvalue weighted by molar-refractivity contribution is -0.120. The molecule has 0 aromatic heterocycles. The van der Waals surface area contributed by atoms with Crippen molar-refractivity contribution in [1.29, 1.82) is 0 Å². The predicted molar refractivity (Wildman–Crippen MR) is 103 cm³/mol. The van der Waals surface area contributed by atoms with Crippen LogP contribution in [-0.2, 0) is 4.79 Å². The molecule has 2 amide bonds. The molecule has 2 rings (SSSR count). The van der Waals surface area contributed by atoms with E-state index in [1.54, 1.807) is 24.3 Å². The lowest BCUT2D eigenvalue weighted by Gasteiger charge is -2.08. The molecular formula is C20H23ClN2O3. The lowest BCUT2D eigenvalue weighted by Crippen LogP contribution is -2.31. The monoisotopic (exact) mass is 374 g/mol. The molecule has 0 heterocycles. The topological polar surface area (TPSA) is 67.4 Å². The van der Waals surface area contributed by atoms with Crippen molar-refractivity contribution in [2.45, 2.75) is 19.3 Å². The molecule has 0 bridgehead atoms. The van der Waals surface area contributed by atoms with Crippen molar-refractivity contribution in [2.75, 3.05) is 19.7 Å². The van der Waals surface area contributed by atoms with Crippen molar-refractivity contribution in [2.24, 2.45) is 0 Å². The van der Waals surface area contributed by atoms with Gasteiger partial charge in [0.15, 0.2) is 0 Å². The van der Waals surface area contributed by atoms with E-state index in [0.717, 1.165) is 18.6 Å². The second-order valence-corrected chi connectivity index (χ2v) is 6.11.